The summed E-state index contributed by atoms with van der Waals surface area (Å²) in [6, 6.07) is 0. The Morgan fingerprint density at radius 1 is 1.37 bits per heavy atom. The molecule has 0 unspecified atom stereocenters. The van der Waals surface area contributed by atoms with E-state index in [1.54, 1.807) is 0 Å². The van der Waals surface area contributed by atoms with E-state index in [1.807, 2.05) is 0 Å². The maximum Gasteiger partial charge on any atom is 0.0923 e. The largest absolute Gasteiger partial charge is 0.387 e. The van der Waals surface area contributed by atoms with Crippen LogP contribution in [0.1, 0.15) is 39.1 Å². The zero-order valence-corrected chi connectivity index (χ0v) is 13.9. The molecule has 1 aromatic heterocycles. The highest BCUT2D eigenvalue weighted by atomic mass is 79.9. The minimum Gasteiger partial charge on any atom is -0.387 e. The molecule has 4 nitrogen and oxygen atoms in total. The lowest BCUT2D eigenvalue weighted by Gasteiger charge is -2.49. The predicted molar refractivity (Wildman–Crippen MR) is 80.0 cm³/mol. The van der Waals surface area contributed by atoms with Gasteiger partial charge < -0.3 is 5.11 Å². The highest BCUT2D eigenvalue weighted by Crippen LogP contribution is 2.32. The molecule has 1 fully saturated rings. The van der Waals surface area contributed by atoms with E-state index in [2.05, 4.69) is 58.3 Å². The molecule has 2 heterocycles. The monoisotopic (exact) mass is 329 g/mol. The Labute approximate surface area is 123 Å². The molecule has 0 bridgehead atoms. The summed E-state index contributed by atoms with van der Waals surface area (Å²) in [5.41, 5.74) is 1.85. The minimum absolute atomic E-state index is 0.314. The lowest BCUT2D eigenvalue weighted by atomic mass is 9.83. The van der Waals surface area contributed by atoms with Gasteiger partial charge in [0.25, 0.3) is 0 Å². The zero-order valence-electron chi connectivity index (χ0n) is 12.3. The van der Waals surface area contributed by atoms with E-state index in [0.29, 0.717) is 5.92 Å². The third kappa shape index (κ3) is 2.73. The van der Waals surface area contributed by atoms with Crippen LogP contribution in [0, 0.1) is 5.92 Å². The highest BCUT2D eigenvalue weighted by molar-refractivity contribution is 9.10. The smallest absolute Gasteiger partial charge is 0.0923 e. The first kappa shape index (κ1) is 15.0. The van der Waals surface area contributed by atoms with Gasteiger partial charge in [0.2, 0.25) is 0 Å². The average molecular weight is 330 g/mol. The van der Waals surface area contributed by atoms with Gasteiger partial charge in [-0.05, 0) is 35.2 Å². The Bertz CT molecular complexity index is 450. The van der Waals surface area contributed by atoms with Gasteiger partial charge in [-0.25, -0.2) is 0 Å². The molecule has 1 aliphatic heterocycles. The lowest BCUT2D eigenvalue weighted by Crippen LogP contribution is -2.64. The fraction of sp³-hybridized carbons (Fsp3) is 0.786. The van der Waals surface area contributed by atoms with Crippen molar-refractivity contribution in [3.05, 3.63) is 15.9 Å². The van der Waals surface area contributed by atoms with Crippen molar-refractivity contribution in [2.45, 2.75) is 52.8 Å². The van der Waals surface area contributed by atoms with Gasteiger partial charge in [-0.2, -0.15) is 5.10 Å². The molecule has 108 valence electrons. The maximum atomic E-state index is 10.3. The third-order valence-corrected chi connectivity index (χ3v) is 5.05. The molecule has 5 heteroatoms. The van der Waals surface area contributed by atoms with Crippen LogP contribution in [-0.2, 0) is 19.5 Å². The normalized spacial score (nSPS) is 18.9. The van der Waals surface area contributed by atoms with Crippen LogP contribution in [0.2, 0.25) is 0 Å². The van der Waals surface area contributed by atoms with Crippen molar-refractivity contribution in [1.29, 1.82) is 0 Å². The van der Waals surface area contributed by atoms with Crippen molar-refractivity contribution >= 4 is 15.9 Å². The first-order valence-corrected chi connectivity index (χ1v) is 7.89. The SMILES string of the molecule is CCc1nn(CC)c(CN2CC(O)(C(C)C)C2)c1Br. The summed E-state index contributed by atoms with van der Waals surface area (Å²) in [4.78, 5) is 2.29. The van der Waals surface area contributed by atoms with E-state index < -0.39 is 5.60 Å². The standard InChI is InChI=1S/C14H24BrN3O/c1-5-11-13(15)12(18(6-2)16-11)7-17-8-14(19,9-17)10(3)4/h10,19H,5-9H2,1-4H3. The fourth-order valence-electron chi connectivity index (χ4n) is 2.59. The van der Waals surface area contributed by atoms with Gasteiger partial charge in [0.05, 0.1) is 21.5 Å². The number of aliphatic hydroxyl groups is 1. The van der Waals surface area contributed by atoms with Crippen LogP contribution in [0.5, 0.6) is 0 Å². The molecule has 1 aromatic rings. The van der Waals surface area contributed by atoms with Crippen molar-refractivity contribution in [2.24, 2.45) is 5.92 Å². The van der Waals surface area contributed by atoms with Crippen LogP contribution >= 0.6 is 15.9 Å². The molecule has 0 aromatic carbocycles. The second-order valence-corrected chi connectivity index (χ2v) is 6.57. The summed E-state index contributed by atoms with van der Waals surface area (Å²) >= 11 is 3.67. The number of hydrogen-bond acceptors (Lipinski definition) is 3. The quantitative estimate of drug-likeness (QED) is 0.902. The fourth-order valence-corrected chi connectivity index (χ4v) is 3.27. The molecular weight excluding hydrogens is 306 g/mol. The van der Waals surface area contributed by atoms with Crippen molar-refractivity contribution in [3.8, 4) is 0 Å². The molecule has 0 radical (unpaired) electrons. The van der Waals surface area contributed by atoms with E-state index in [9.17, 15) is 5.11 Å². The molecule has 0 aliphatic carbocycles. The topological polar surface area (TPSA) is 41.3 Å². The Morgan fingerprint density at radius 2 is 2.00 bits per heavy atom. The summed E-state index contributed by atoms with van der Waals surface area (Å²) < 4.78 is 3.20. The summed E-state index contributed by atoms with van der Waals surface area (Å²) in [7, 11) is 0. The summed E-state index contributed by atoms with van der Waals surface area (Å²) in [6.07, 6.45) is 0.941. The number of β-amino-alcohol motifs (C(OH)–C–C–N with tert-alkyl or cyclic N) is 1. The molecule has 1 N–H and O–H groups in total. The van der Waals surface area contributed by atoms with Gasteiger partial charge in [0.15, 0.2) is 0 Å². The van der Waals surface area contributed by atoms with Crippen LogP contribution in [0.4, 0.5) is 0 Å². The minimum atomic E-state index is -0.503. The predicted octanol–water partition coefficient (Wildman–Crippen LogP) is 2.43. The van der Waals surface area contributed by atoms with Gasteiger partial charge in [0.1, 0.15) is 0 Å². The molecule has 0 atom stereocenters. The Morgan fingerprint density at radius 3 is 2.47 bits per heavy atom. The van der Waals surface area contributed by atoms with Crippen LogP contribution in [0.25, 0.3) is 0 Å². The van der Waals surface area contributed by atoms with Crippen molar-refractivity contribution in [1.82, 2.24) is 14.7 Å². The Hall–Kier alpha value is -0.390. The molecule has 0 spiro atoms. The number of rotatable bonds is 5. The van der Waals surface area contributed by atoms with Gasteiger partial charge in [-0.3, -0.25) is 9.58 Å². The maximum absolute atomic E-state index is 10.3. The molecular formula is C14H24BrN3O. The Kier molecular flexibility index (Phi) is 4.38. The van der Waals surface area contributed by atoms with Crippen LogP contribution in [-0.4, -0.2) is 38.5 Å². The summed E-state index contributed by atoms with van der Waals surface area (Å²) in [5, 5.41) is 14.9. The second-order valence-electron chi connectivity index (χ2n) is 5.78. The first-order valence-electron chi connectivity index (χ1n) is 7.10. The van der Waals surface area contributed by atoms with Crippen LogP contribution < -0.4 is 0 Å². The average Bonchev–Trinajstić information content (AvgIpc) is 2.63. The molecule has 1 aliphatic rings. The zero-order chi connectivity index (χ0) is 14.2. The summed E-state index contributed by atoms with van der Waals surface area (Å²) in [5.74, 6) is 0.314. The van der Waals surface area contributed by atoms with Crippen LogP contribution in [0.3, 0.4) is 0 Å². The molecule has 1 saturated heterocycles. The second kappa shape index (κ2) is 5.54. The van der Waals surface area contributed by atoms with Gasteiger partial charge in [0, 0.05) is 26.2 Å². The van der Waals surface area contributed by atoms with Crippen LogP contribution in [0.15, 0.2) is 4.47 Å². The van der Waals surface area contributed by atoms with Crippen molar-refractivity contribution in [2.75, 3.05) is 13.1 Å². The number of likely N-dealkylation sites (tertiary alicyclic amines) is 1. The van der Waals surface area contributed by atoms with E-state index >= 15 is 0 Å². The van der Waals surface area contributed by atoms with Crippen molar-refractivity contribution < 1.29 is 5.11 Å². The van der Waals surface area contributed by atoms with E-state index in [1.165, 1.54) is 5.69 Å². The van der Waals surface area contributed by atoms with Gasteiger partial charge in [-0.15, -0.1) is 0 Å². The number of nitrogens with zero attached hydrogens (tertiary/aromatic N) is 3. The molecule has 19 heavy (non-hydrogen) atoms. The summed E-state index contributed by atoms with van der Waals surface area (Å²) in [6.45, 7) is 11.7. The van der Waals surface area contributed by atoms with E-state index in [0.717, 1.165) is 42.8 Å². The number of hydrogen-bond donors (Lipinski definition) is 1. The number of aryl methyl sites for hydroxylation is 2. The van der Waals surface area contributed by atoms with E-state index in [4.69, 9.17) is 0 Å². The highest BCUT2D eigenvalue weighted by Gasteiger charge is 2.43. The number of aromatic nitrogens is 2. The van der Waals surface area contributed by atoms with Crippen molar-refractivity contribution in [3.63, 3.8) is 0 Å². The molecule has 0 amide bonds. The Balaban J connectivity index is 2.07. The molecule has 2 rings (SSSR count). The first-order chi connectivity index (χ1) is 8.91. The molecule has 0 saturated carbocycles. The third-order valence-electron chi connectivity index (χ3n) is 4.14. The number of halogens is 1. The van der Waals surface area contributed by atoms with Gasteiger partial charge >= 0.3 is 0 Å². The van der Waals surface area contributed by atoms with Gasteiger partial charge in [-0.1, -0.05) is 20.8 Å². The lowest BCUT2D eigenvalue weighted by molar-refractivity contribution is -0.131. The van der Waals surface area contributed by atoms with E-state index in [-0.39, 0.29) is 0 Å².